The second kappa shape index (κ2) is 8.80. The Balaban J connectivity index is 1.30. The van der Waals surface area contributed by atoms with E-state index in [4.69, 9.17) is 14.6 Å². The number of carbonyl (C=O) groups is 2. The van der Waals surface area contributed by atoms with Crippen LogP contribution in [0.25, 0.3) is 0 Å². The number of aromatic carboxylic acids is 1. The molecule has 2 heterocycles. The first-order chi connectivity index (χ1) is 13.4. The molecule has 0 aromatic carbocycles. The lowest BCUT2D eigenvalue weighted by Crippen LogP contribution is -2.49. The largest absolute Gasteiger partial charge is 0.492 e. The molecule has 1 spiro atoms. The summed E-state index contributed by atoms with van der Waals surface area (Å²) in [4.78, 5) is 28.5. The van der Waals surface area contributed by atoms with Crippen LogP contribution in [0.1, 0.15) is 62.9 Å². The van der Waals surface area contributed by atoms with Gasteiger partial charge in [0, 0.05) is 13.1 Å². The van der Waals surface area contributed by atoms with Gasteiger partial charge in [-0.05, 0) is 75.8 Å². The zero-order chi connectivity index (χ0) is 20.1. The Morgan fingerprint density at radius 3 is 2.57 bits per heavy atom. The molecule has 1 aromatic heterocycles. The van der Waals surface area contributed by atoms with E-state index in [-0.39, 0.29) is 17.9 Å². The monoisotopic (exact) mass is 390 g/mol. The van der Waals surface area contributed by atoms with Gasteiger partial charge in [0.25, 0.3) is 0 Å². The van der Waals surface area contributed by atoms with Gasteiger partial charge in [0.2, 0.25) is 0 Å². The standard InChI is InChI=1S/C21H30N2O5/c1-15(2)28-20(26)23-9-7-21(8-10-23)12-16(13-21)4-3-11-27-17-5-6-18(19(24)25)22-14-17/h5-6,14-16H,3-4,7-13H2,1-2H3,(H,24,25). The van der Waals surface area contributed by atoms with Crippen molar-refractivity contribution in [2.45, 2.75) is 58.5 Å². The number of nitrogens with zero attached hydrogens (tertiary/aromatic N) is 2. The molecule has 1 saturated heterocycles. The molecule has 28 heavy (non-hydrogen) atoms. The van der Waals surface area contributed by atoms with Gasteiger partial charge in [-0.1, -0.05) is 0 Å². The third kappa shape index (κ3) is 5.14. The molecule has 7 nitrogen and oxygen atoms in total. The molecule has 2 fully saturated rings. The van der Waals surface area contributed by atoms with Crippen molar-refractivity contribution >= 4 is 12.1 Å². The molecule has 3 rings (SSSR count). The van der Waals surface area contributed by atoms with Crippen LogP contribution in [0.15, 0.2) is 18.3 Å². The fourth-order valence-corrected chi connectivity index (χ4v) is 4.37. The summed E-state index contributed by atoms with van der Waals surface area (Å²) in [6, 6.07) is 3.10. The molecule has 0 bridgehead atoms. The summed E-state index contributed by atoms with van der Waals surface area (Å²) in [6.07, 6.45) is 7.98. The Morgan fingerprint density at radius 1 is 1.29 bits per heavy atom. The van der Waals surface area contributed by atoms with Gasteiger partial charge < -0.3 is 19.5 Å². The van der Waals surface area contributed by atoms with Crippen LogP contribution in [0.3, 0.4) is 0 Å². The van der Waals surface area contributed by atoms with E-state index < -0.39 is 5.97 Å². The molecule has 0 atom stereocenters. The molecule has 1 saturated carbocycles. The number of carboxylic acids is 1. The van der Waals surface area contributed by atoms with Gasteiger partial charge in [0.1, 0.15) is 11.4 Å². The van der Waals surface area contributed by atoms with Crippen molar-refractivity contribution < 1.29 is 24.2 Å². The van der Waals surface area contributed by atoms with E-state index in [2.05, 4.69) is 4.98 Å². The fourth-order valence-electron chi connectivity index (χ4n) is 4.37. The third-order valence-electron chi connectivity index (χ3n) is 5.84. The number of amides is 1. The zero-order valence-corrected chi connectivity index (χ0v) is 16.7. The topological polar surface area (TPSA) is 89.0 Å². The molecular formula is C21H30N2O5. The van der Waals surface area contributed by atoms with Gasteiger partial charge in [0.05, 0.1) is 18.9 Å². The molecule has 2 aliphatic rings. The van der Waals surface area contributed by atoms with Gasteiger partial charge in [-0.15, -0.1) is 0 Å². The summed E-state index contributed by atoms with van der Waals surface area (Å²) in [5.74, 6) is 0.314. The van der Waals surface area contributed by atoms with Crippen LogP contribution in [-0.2, 0) is 4.74 Å². The van der Waals surface area contributed by atoms with Crippen molar-refractivity contribution in [1.82, 2.24) is 9.88 Å². The van der Waals surface area contributed by atoms with E-state index in [1.54, 1.807) is 6.07 Å². The molecule has 1 amide bonds. The molecule has 1 aliphatic carbocycles. The van der Waals surface area contributed by atoms with Crippen molar-refractivity contribution in [2.75, 3.05) is 19.7 Å². The van der Waals surface area contributed by atoms with Gasteiger partial charge in [-0.2, -0.15) is 0 Å². The summed E-state index contributed by atoms with van der Waals surface area (Å²) in [6.45, 7) is 5.99. The second-order valence-electron chi connectivity index (χ2n) is 8.37. The van der Waals surface area contributed by atoms with Crippen LogP contribution in [-0.4, -0.2) is 52.9 Å². The highest BCUT2D eigenvalue weighted by atomic mass is 16.6. The number of carbonyl (C=O) groups excluding carboxylic acids is 1. The van der Waals surface area contributed by atoms with Gasteiger partial charge in [0.15, 0.2) is 0 Å². The van der Waals surface area contributed by atoms with Crippen LogP contribution in [0.2, 0.25) is 0 Å². The first-order valence-electron chi connectivity index (χ1n) is 10.1. The van der Waals surface area contributed by atoms with Crippen LogP contribution in [0.5, 0.6) is 5.75 Å². The third-order valence-corrected chi connectivity index (χ3v) is 5.84. The predicted molar refractivity (Wildman–Crippen MR) is 104 cm³/mol. The number of likely N-dealkylation sites (tertiary alicyclic amines) is 1. The first-order valence-corrected chi connectivity index (χ1v) is 10.1. The van der Waals surface area contributed by atoms with E-state index in [1.165, 1.54) is 25.1 Å². The number of hydrogen-bond acceptors (Lipinski definition) is 5. The van der Waals surface area contributed by atoms with Gasteiger partial charge >= 0.3 is 12.1 Å². The smallest absolute Gasteiger partial charge is 0.410 e. The van der Waals surface area contributed by atoms with E-state index >= 15 is 0 Å². The van der Waals surface area contributed by atoms with E-state index in [0.29, 0.717) is 17.8 Å². The highest BCUT2D eigenvalue weighted by Gasteiger charge is 2.45. The van der Waals surface area contributed by atoms with Crippen molar-refractivity contribution in [3.05, 3.63) is 24.0 Å². The zero-order valence-electron chi connectivity index (χ0n) is 16.7. The minimum Gasteiger partial charge on any atom is -0.492 e. The maximum atomic E-state index is 12.0. The number of aromatic nitrogens is 1. The first kappa shape index (κ1) is 20.4. The summed E-state index contributed by atoms with van der Waals surface area (Å²) in [5.41, 5.74) is 0.451. The molecule has 1 aromatic rings. The van der Waals surface area contributed by atoms with E-state index in [1.807, 2.05) is 18.7 Å². The quantitative estimate of drug-likeness (QED) is 0.709. The molecule has 0 unspecified atom stereocenters. The van der Waals surface area contributed by atoms with Crippen LogP contribution < -0.4 is 4.74 Å². The van der Waals surface area contributed by atoms with Crippen molar-refractivity contribution in [1.29, 1.82) is 0 Å². The molecule has 0 radical (unpaired) electrons. The molecule has 1 aliphatic heterocycles. The fraction of sp³-hybridized carbons (Fsp3) is 0.667. The highest BCUT2D eigenvalue weighted by molar-refractivity contribution is 5.85. The molecule has 154 valence electrons. The van der Waals surface area contributed by atoms with Crippen LogP contribution in [0.4, 0.5) is 4.79 Å². The van der Waals surface area contributed by atoms with Gasteiger partial charge in [-0.3, -0.25) is 0 Å². The lowest BCUT2D eigenvalue weighted by molar-refractivity contribution is -0.0203. The Morgan fingerprint density at radius 2 is 2.00 bits per heavy atom. The normalized spacial score (nSPS) is 18.8. The maximum absolute atomic E-state index is 12.0. The lowest BCUT2D eigenvalue weighted by atomic mass is 9.56. The average Bonchev–Trinajstić information content (AvgIpc) is 2.64. The average molecular weight is 390 g/mol. The Hall–Kier alpha value is -2.31. The molecular weight excluding hydrogens is 360 g/mol. The minimum absolute atomic E-state index is 0.0237. The molecule has 7 heteroatoms. The van der Waals surface area contributed by atoms with Crippen LogP contribution >= 0.6 is 0 Å². The summed E-state index contributed by atoms with van der Waals surface area (Å²) < 4.78 is 10.9. The molecule has 1 N–H and O–H groups in total. The van der Waals surface area contributed by atoms with Crippen LogP contribution in [0, 0.1) is 11.3 Å². The Kier molecular flexibility index (Phi) is 6.42. The maximum Gasteiger partial charge on any atom is 0.410 e. The summed E-state index contributed by atoms with van der Waals surface area (Å²) in [5, 5.41) is 8.84. The lowest BCUT2D eigenvalue weighted by Gasteiger charge is -2.52. The number of ether oxygens (including phenoxy) is 2. The van der Waals surface area contributed by atoms with Gasteiger partial charge in [-0.25, -0.2) is 14.6 Å². The van der Waals surface area contributed by atoms with E-state index in [0.717, 1.165) is 44.7 Å². The Bertz CT molecular complexity index is 673. The number of rotatable bonds is 7. The number of carboxylic acid groups (broad SMARTS) is 1. The number of pyridine rings is 1. The predicted octanol–water partition coefficient (Wildman–Crippen LogP) is 3.98. The number of hydrogen-bond donors (Lipinski definition) is 1. The minimum atomic E-state index is -1.03. The summed E-state index contributed by atoms with van der Waals surface area (Å²) in [7, 11) is 0. The second-order valence-corrected chi connectivity index (χ2v) is 8.37. The van der Waals surface area contributed by atoms with Crippen molar-refractivity contribution in [3.63, 3.8) is 0 Å². The Labute approximate surface area is 166 Å². The highest BCUT2D eigenvalue weighted by Crippen LogP contribution is 2.54. The van der Waals surface area contributed by atoms with Crippen molar-refractivity contribution in [3.8, 4) is 5.75 Å². The van der Waals surface area contributed by atoms with E-state index in [9.17, 15) is 9.59 Å². The summed E-state index contributed by atoms with van der Waals surface area (Å²) >= 11 is 0. The SMILES string of the molecule is CC(C)OC(=O)N1CCC2(CC1)CC(CCCOc1ccc(C(=O)O)nc1)C2. The van der Waals surface area contributed by atoms with Crippen molar-refractivity contribution in [2.24, 2.45) is 11.3 Å². The number of piperidine rings is 1.